The molecule has 0 saturated heterocycles. The van der Waals surface area contributed by atoms with Gasteiger partial charge < -0.3 is 14.9 Å². The topological polar surface area (TPSA) is 124 Å². The van der Waals surface area contributed by atoms with Gasteiger partial charge in [0.15, 0.2) is 11.4 Å². The van der Waals surface area contributed by atoms with Gasteiger partial charge in [-0.1, -0.05) is 37.6 Å². The number of halogens is 1. The smallest absolute Gasteiger partial charge is 0.330 e. The predicted molar refractivity (Wildman–Crippen MR) is 123 cm³/mol. The molecule has 0 fully saturated rings. The van der Waals surface area contributed by atoms with Gasteiger partial charge in [0, 0.05) is 19.2 Å². The molecule has 3 rings (SSSR count). The van der Waals surface area contributed by atoms with Gasteiger partial charge in [0.1, 0.15) is 11.6 Å². The monoisotopic (exact) mass is 460 g/mol. The Kier molecular flexibility index (Phi) is 7.22. The fourth-order valence-electron chi connectivity index (χ4n) is 3.27. The minimum atomic E-state index is -0.769. The second-order valence-corrected chi connectivity index (χ2v) is 8.00. The number of anilines is 2. The molecule has 10 heteroatoms. The summed E-state index contributed by atoms with van der Waals surface area (Å²) in [6.07, 6.45) is 0. The van der Waals surface area contributed by atoms with Gasteiger partial charge in [-0.05, 0) is 30.2 Å². The van der Waals surface area contributed by atoms with Crippen molar-refractivity contribution in [3.63, 3.8) is 0 Å². The SMILES string of the molecule is COCCN(C(=O)c1ccc(-c2ccccc2Cl)o1)c1c(N)n(CC(C)C)c(=O)[nH]c1=O. The van der Waals surface area contributed by atoms with Crippen LogP contribution in [0, 0.1) is 5.92 Å². The molecule has 32 heavy (non-hydrogen) atoms. The van der Waals surface area contributed by atoms with Crippen LogP contribution in [-0.2, 0) is 11.3 Å². The molecule has 0 bridgehead atoms. The molecular weight excluding hydrogens is 436 g/mol. The first-order valence-electron chi connectivity index (χ1n) is 10.0. The lowest BCUT2D eigenvalue weighted by atomic mass is 10.2. The zero-order chi connectivity index (χ0) is 23.4. The second-order valence-electron chi connectivity index (χ2n) is 7.59. The normalized spacial score (nSPS) is 11.2. The molecule has 3 N–H and O–H groups in total. The molecule has 2 heterocycles. The molecule has 1 amide bonds. The molecule has 0 unspecified atom stereocenters. The Hall–Kier alpha value is -3.30. The van der Waals surface area contributed by atoms with Crippen molar-refractivity contribution in [3.05, 3.63) is 68.0 Å². The highest BCUT2D eigenvalue weighted by Gasteiger charge is 2.27. The number of H-pyrrole nitrogens is 1. The van der Waals surface area contributed by atoms with E-state index in [0.29, 0.717) is 16.3 Å². The van der Waals surface area contributed by atoms with Crippen LogP contribution in [0.25, 0.3) is 11.3 Å². The molecule has 1 aromatic carbocycles. The minimum Gasteiger partial charge on any atom is -0.451 e. The van der Waals surface area contributed by atoms with Crippen molar-refractivity contribution in [3.8, 4) is 11.3 Å². The summed E-state index contributed by atoms with van der Waals surface area (Å²) in [5.74, 6) is -0.240. The number of nitrogen functional groups attached to an aromatic ring is 1. The van der Waals surface area contributed by atoms with Gasteiger partial charge in [0.05, 0.1) is 18.2 Å². The molecular formula is C22H25ClN4O5. The van der Waals surface area contributed by atoms with Gasteiger partial charge in [0.2, 0.25) is 0 Å². The lowest BCUT2D eigenvalue weighted by Gasteiger charge is -2.24. The van der Waals surface area contributed by atoms with Crippen LogP contribution in [-0.4, -0.2) is 35.7 Å². The van der Waals surface area contributed by atoms with E-state index in [-0.39, 0.29) is 42.9 Å². The van der Waals surface area contributed by atoms with Crippen molar-refractivity contribution in [2.75, 3.05) is 30.9 Å². The zero-order valence-corrected chi connectivity index (χ0v) is 18.8. The Morgan fingerprint density at radius 2 is 1.97 bits per heavy atom. The Labute approximate surface area is 189 Å². The summed E-state index contributed by atoms with van der Waals surface area (Å²) in [6.45, 7) is 4.24. The maximum absolute atomic E-state index is 13.4. The Morgan fingerprint density at radius 1 is 1.25 bits per heavy atom. The molecule has 0 atom stereocenters. The molecule has 0 aliphatic heterocycles. The number of nitrogens with two attached hydrogens (primary N) is 1. The third-order valence-electron chi connectivity index (χ3n) is 4.75. The van der Waals surface area contributed by atoms with Gasteiger partial charge in [-0.15, -0.1) is 0 Å². The summed E-state index contributed by atoms with van der Waals surface area (Å²) < 4.78 is 12.1. The molecule has 3 aromatic rings. The van der Waals surface area contributed by atoms with E-state index in [1.807, 2.05) is 13.8 Å². The highest BCUT2D eigenvalue weighted by atomic mass is 35.5. The Balaban J connectivity index is 2.07. The number of aromatic nitrogens is 2. The van der Waals surface area contributed by atoms with Crippen LogP contribution in [0.3, 0.4) is 0 Å². The largest absolute Gasteiger partial charge is 0.451 e. The second kappa shape index (κ2) is 9.88. The third-order valence-corrected chi connectivity index (χ3v) is 5.08. The average molecular weight is 461 g/mol. The maximum Gasteiger partial charge on any atom is 0.330 e. The van der Waals surface area contributed by atoms with Crippen molar-refractivity contribution < 1.29 is 13.9 Å². The van der Waals surface area contributed by atoms with Gasteiger partial charge >= 0.3 is 5.69 Å². The number of ether oxygens (including phenoxy) is 1. The summed E-state index contributed by atoms with van der Waals surface area (Å²) >= 11 is 6.22. The predicted octanol–water partition coefficient (Wildman–Crippen LogP) is 2.98. The van der Waals surface area contributed by atoms with E-state index in [1.54, 1.807) is 30.3 Å². The number of furan rings is 1. The number of carbonyl (C=O) groups is 1. The number of hydrogen-bond donors (Lipinski definition) is 2. The first kappa shape index (κ1) is 23.4. The molecule has 0 saturated carbocycles. The number of benzene rings is 1. The Bertz CT molecular complexity index is 1230. The first-order chi connectivity index (χ1) is 15.2. The number of hydrogen-bond acceptors (Lipinski definition) is 6. The summed E-state index contributed by atoms with van der Waals surface area (Å²) in [5.41, 5.74) is 5.28. The number of methoxy groups -OCH3 is 1. The first-order valence-corrected chi connectivity index (χ1v) is 10.4. The van der Waals surface area contributed by atoms with E-state index in [0.717, 1.165) is 4.90 Å². The van der Waals surface area contributed by atoms with E-state index >= 15 is 0 Å². The number of rotatable bonds is 8. The third kappa shape index (κ3) is 4.79. The lowest BCUT2D eigenvalue weighted by Crippen LogP contribution is -2.42. The molecule has 2 aromatic heterocycles. The van der Waals surface area contributed by atoms with Crippen molar-refractivity contribution in [1.82, 2.24) is 9.55 Å². The van der Waals surface area contributed by atoms with E-state index < -0.39 is 17.2 Å². The Morgan fingerprint density at radius 3 is 2.62 bits per heavy atom. The maximum atomic E-state index is 13.4. The fraction of sp³-hybridized carbons (Fsp3) is 0.318. The number of carbonyl (C=O) groups excluding carboxylic acids is 1. The zero-order valence-electron chi connectivity index (χ0n) is 18.1. The van der Waals surface area contributed by atoms with Gasteiger partial charge in [-0.2, -0.15) is 0 Å². The summed E-state index contributed by atoms with van der Waals surface area (Å²) in [6, 6.07) is 10.2. The molecule has 0 radical (unpaired) electrons. The van der Waals surface area contributed by atoms with Crippen molar-refractivity contribution in [2.24, 2.45) is 5.92 Å². The van der Waals surface area contributed by atoms with Crippen LogP contribution in [0.4, 0.5) is 11.5 Å². The van der Waals surface area contributed by atoms with E-state index in [9.17, 15) is 14.4 Å². The van der Waals surface area contributed by atoms with E-state index in [4.69, 9.17) is 26.5 Å². The summed E-state index contributed by atoms with van der Waals surface area (Å²) in [7, 11) is 1.47. The van der Waals surface area contributed by atoms with Crippen LogP contribution in [0.1, 0.15) is 24.4 Å². The van der Waals surface area contributed by atoms with Crippen LogP contribution in [0.15, 0.2) is 50.4 Å². The van der Waals surface area contributed by atoms with Crippen molar-refractivity contribution >= 4 is 29.0 Å². The minimum absolute atomic E-state index is 0.0172. The van der Waals surface area contributed by atoms with Crippen molar-refractivity contribution in [1.29, 1.82) is 0 Å². The number of aromatic amines is 1. The number of amides is 1. The van der Waals surface area contributed by atoms with Crippen LogP contribution < -0.4 is 21.9 Å². The van der Waals surface area contributed by atoms with Crippen LogP contribution in [0.2, 0.25) is 5.02 Å². The average Bonchev–Trinajstić information content (AvgIpc) is 3.23. The highest BCUT2D eigenvalue weighted by molar-refractivity contribution is 6.33. The lowest BCUT2D eigenvalue weighted by molar-refractivity contribution is 0.0949. The van der Waals surface area contributed by atoms with E-state index in [2.05, 4.69) is 4.98 Å². The summed E-state index contributed by atoms with van der Waals surface area (Å²) in [4.78, 5) is 41.7. The van der Waals surface area contributed by atoms with Gasteiger partial charge in [0.25, 0.3) is 11.5 Å². The van der Waals surface area contributed by atoms with Crippen LogP contribution >= 0.6 is 11.6 Å². The molecule has 0 aliphatic carbocycles. The molecule has 9 nitrogen and oxygen atoms in total. The van der Waals surface area contributed by atoms with Crippen molar-refractivity contribution in [2.45, 2.75) is 20.4 Å². The van der Waals surface area contributed by atoms with E-state index in [1.165, 1.54) is 17.7 Å². The summed E-state index contributed by atoms with van der Waals surface area (Å²) in [5, 5.41) is 0.471. The number of nitrogens with one attached hydrogen (secondary N) is 1. The van der Waals surface area contributed by atoms with Crippen LogP contribution in [0.5, 0.6) is 0 Å². The fourth-order valence-corrected chi connectivity index (χ4v) is 3.50. The molecule has 0 aliphatic rings. The number of nitrogens with zero attached hydrogens (tertiary/aromatic N) is 2. The molecule has 0 spiro atoms. The van der Waals surface area contributed by atoms with Gasteiger partial charge in [-0.25, -0.2) is 4.79 Å². The standard InChI is InChI=1S/C22H25ClN4O5/c1-13(2)12-27-19(24)18(20(28)25-22(27)30)26(10-11-31-3)21(29)17-9-8-16(32-17)14-6-4-5-7-15(14)23/h4-9,13H,10-12,24H2,1-3H3,(H,25,28,30). The molecule has 170 valence electrons. The highest BCUT2D eigenvalue weighted by Crippen LogP contribution is 2.30. The quantitative estimate of drug-likeness (QED) is 0.532. The van der Waals surface area contributed by atoms with Gasteiger partial charge in [-0.3, -0.25) is 24.0 Å².